The van der Waals surface area contributed by atoms with Crippen LogP contribution in [0.4, 0.5) is 5.69 Å². The molecule has 0 saturated heterocycles. The van der Waals surface area contributed by atoms with E-state index in [1.165, 1.54) is 24.3 Å². The van der Waals surface area contributed by atoms with Crippen molar-refractivity contribution in [2.24, 2.45) is 0 Å². The number of rotatable bonds is 3. The molecule has 0 radical (unpaired) electrons. The topological polar surface area (TPSA) is 136 Å². The highest BCUT2D eigenvalue weighted by Gasteiger charge is 2.23. The van der Waals surface area contributed by atoms with Crippen LogP contribution in [0.15, 0.2) is 30.4 Å². The molecule has 0 aromatic heterocycles. The smallest absolute Gasteiger partial charge is 0.342 e. The Morgan fingerprint density at radius 2 is 1.86 bits per heavy atom. The molecule has 28 heavy (non-hydrogen) atoms. The molecule has 1 heterocycles. The summed E-state index contributed by atoms with van der Waals surface area (Å²) in [5, 5.41) is 42.1. The van der Waals surface area contributed by atoms with Crippen LogP contribution in [0, 0.1) is 0 Å². The van der Waals surface area contributed by atoms with Gasteiger partial charge in [-0.25, -0.2) is 4.79 Å². The fraction of sp³-hybridized carbons (Fsp3) is 0.400. The largest absolute Gasteiger partial charge is 0.507 e. The lowest BCUT2D eigenvalue weighted by molar-refractivity contribution is -0.127. The highest BCUT2D eigenvalue weighted by molar-refractivity contribution is 5.97. The van der Waals surface area contributed by atoms with Gasteiger partial charge in [0.15, 0.2) is 5.78 Å². The Labute approximate surface area is 162 Å². The first kappa shape index (κ1) is 21.6. The van der Waals surface area contributed by atoms with Gasteiger partial charge in [0.25, 0.3) is 0 Å². The Bertz CT molecular complexity index is 772. The van der Waals surface area contributed by atoms with E-state index in [4.69, 9.17) is 9.84 Å². The van der Waals surface area contributed by atoms with E-state index in [0.29, 0.717) is 11.3 Å². The number of ketones is 1. The van der Waals surface area contributed by atoms with Crippen molar-refractivity contribution in [1.29, 1.82) is 0 Å². The fourth-order valence-corrected chi connectivity index (χ4v) is 2.72. The second kappa shape index (κ2) is 10.0. The first-order valence-corrected chi connectivity index (χ1v) is 8.99. The molecular weight excluding hydrogens is 366 g/mol. The molecule has 0 amide bonds. The molecule has 2 rings (SSSR count). The van der Waals surface area contributed by atoms with E-state index in [0.717, 1.165) is 6.08 Å². The molecule has 3 atom stereocenters. The SMILES string of the molecule is CC1C/C=C\C(=O)[C@@H](O)C(O)C/C=C/c2cc(NCCO)cc(O)c2C(=O)O1. The van der Waals surface area contributed by atoms with Gasteiger partial charge < -0.3 is 30.5 Å². The number of aliphatic hydroxyl groups excluding tert-OH is 3. The number of cyclic esters (lactones) is 1. The van der Waals surface area contributed by atoms with Gasteiger partial charge in [-0.1, -0.05) is 18.2 Å². The third kappa shape index (κ3) is 5.66. The van der Waals surface area contributed by atoms with Crippen LogP contribution in [0.25, 0.3) is 6.08 Å². The van der Waals surface area contributed by atoms with E-state index in [1.54, 1.807) is 13.0 Å². The Kier molecular flexibility index (Phi) is 7.74. The minimum atomic E-state index is -1.56. The monoisotopic (exact) mass is 391 g/mol. The molecule has 0 aliphatic carbocycles. The number of hydrogen-bond acceptors (Lipinski definition) is 8. The summed E-state index contributed by atoms with van der Waals surface area (Å²) >= 11 is 0. The second-order valence-electron chi connectivity index (χ2n) is 6.52. The van der Waals surface area contributed by atoms with Gasteiger partial charge in [-0.2, -0.15) is 0 Å². The van der Waals surface area contributed by atoms with Crippen molar-refractivity contribution in [3.8, 4) is 5.75 Å². The Balaban J connectivity index is 2.43. The zero-order valence-electron chi connectivity index (χ0n) is 15.5. The molecular formula is C20H25NO7. The highest BCUT2D eigenvalue weighted by Crippen LogP contribution is 2.29. The Hall–Kier alpha value is -2.68. The number of aliphatic hydroxyl groups is 3. The first-order valence-electron chi connectivity index (χ1n) is 8.99. The number of carbonyl (C=O) groups excluding carboxylic acids is 2. The van der Waals surface area contributed by atoms with Gasteiger partial charge >= 0.3 is 5.97 Å². The maximum Gasteiger partial charge on any atom is 0.342 e. The van der Waals surface area contributed by atoms with Gasteiger partial charge in [-0.05, 0) is 31.1 Å². The van der Waals surface area contributed by atoms with Crippen LogP contribution < -0.4 is 5.32 Å². The molecule has 5 N–H and O–H groups in total. The average molecular weight is 391 g/mol. The van der Waals surface area contributed by atoms with Crippen LogP contribution >= 0.6 is 0 Å². The average Bonchev–Trinajstić information content (AvgIpc) is 2.64. The molecule has 1 aliphatic rings. The summed E-state index contributed by atoms with van der Waals surface area (Å²) in [5.41, 5.74) is 0.777. The molecule has 0 spiro atoms. The summed E-state index contributed by atoms with van der Waals surface area (Å²) in [6.45, 7) is 1.77. The summed E-state index contributed by atoms with van der Waals surface area (Å²) < 4.78 is 5.34. The number of carbonyl (C=O) groups is 2. The molecule has 152 valence electrons. The number of aromatic hydroxyl groups is 1. The number of anilines is 1. The van der Waals surface area contributed by atoms with E-state index >= 15 is 0 Å². The van der Waals surface area contributed by atoms with Crippen molar-refractivity contribution >= 4 is 23.5 Å². The highest BCUT2D eigenvalue weighted by atomic mass is 16.5. The zero-order chi connectivity index (χ0) is 20.7. The maximum atomic E-state index is 12.6. The minimum Gasteiger partial charge on any atom is -0.507 e. The number of esters is 1. The Morgan fingerprint density at radius 3 is 2.57 bits per heavy atom. The van der Waals surface area contributed by atoms with Crippen molar-refractivity contribution < 1.29 is 34.8 Å². The third-order valence-electron chi connectivity index (χ3n) is 4.18. The Morgan fingerprint density at radius 1 is 1.14 bits per heavy atom. The summed E-state index contributed by atoms with van der Waals surface area (Å²) in [6.07, 6.45) is 2.32. The van der Waals surface area contributed by atoms with E-state index in [2.05, 4.69) is 5.32 Å². The number of ether oxygens (including phenoxy) is 1. The van der Waals surface area contributed by atoms with Gasteiger partial charge in [0.05, 0.1) is 12.7 Å². The standard InChI is InChI=1S/C20H25NO7/c1-12-4-2-6-15(23)19(26)16(24)7-3-5-13-10-14(21-8-9-22)11-17(25)18(13)20(27)28-12/h2-3,5-6,10-12,16,19,21-22,24-26H,4,7-9H2,1H3/b5-3+,6-2-/t12?,16?,19-/m1/s1. The molecule has 1 aromatic carbocycles. The predicted octanol–water partition coefficient (Wildman–Crippen LogP) is 0.996. The van der Waals surface area contributed by atoms with E-state index in [1.807, 2.05) is 0 Å². The number of phenolic OH excluding ortho intramolecular Hbond substituents is 1. The first-order chi connectivity index (χ1) is 13.3. The van der Waals surface area contributed by atoms with Crippen molar-refractivity contribution in [2.75, 3.05) is 18.5 Å². The number of nitrogens with one attached hydrogen (secondary N) is 1. The lowest BCUT2D eigenvalue weighted by Gasteiger charge is -2.17. The number of phenols is 1. The van der Waals surface area contributed by atoms with Crippen molar-refractivity contribution in [2.45, 2.75) is 38.1 Å². The molecule has 8 nitrogen and oxygen atoms in total. The van der Waals surface area contributed by atoms with Crippen LogP contribution in [-0.4, -0.2) is 63.6 Å². The molecule has 1 aromatic rings. The minimum absolute atomic E-state index is 0.0372. The van der Waals surface area contributed by atoms with E-state index < -0.39 is 30.1 Å². The van der Waals surface area contributed by atoms with Gasteiger partial charge in [0, 0.05) is 24.7 Å². The zero-order valence-corrected chi connectivity index (χ0v) is 15.5. The van der Waals surface area contributed by atoms with Gasteiger partial charge in [-0.3, -0.25) is 4.79 Å². The molecule has 2 unspecified atom stereocenters. The quantitative estimate of drug-likeness (QED) is 0.481. The van der Waals surface area contributed by atoms with Crippen LogP contribution in [-0.2, 0) is 9.53 Å². The van der Waals surface area contributed by atoms with Crippen LogP contribution in [0.5, 0.6) is 5.75 Å². The summed E-state index contributed by atoms with van der Waals surface area (Å²) in [6, 6.07) is 2.95. The number of benzene rings is 1. The third-order valence-corrected chi connectivity index (χ3v) is 4.18. The summed E-state index contributed by atoms with van der Waals surface area (Å²) in [7, 11) is 0. The summed E-state index contributed by atoms with van der Waals surface area (Å²) in [5.74, 6) is -1.65. The lowest BCUT2D eigenvalue weighted by atomic mass is 10.0. The van der Waals surface area contributed by atoms with Crippen molar-refractivity contribution in [3.63, 3.8) is 0 Å². The van der Waals surface area contributed by atoms with Gasteiger partial charge in [-0.15, -0.1) is 0 Å². The van der Waals surface area contributed by atoms with Gasteiger partial charge in [0.2, 0.25) is 0 Å². The number of hydrogen-bond donors (Lipinski definition) is 5. The predicted molar refractivity (Wildman–Crippen MR) is 103 cm³/mol. The lowest BCUT2D eigenvalue weighted by Crippen LogP contribution is -2.32. The second-order valence-corrected chi connectivity index (χ2v) is 6.52. The number of fused-ring (bicyclic) bond motifs is 1. The molecule has 0 saturated carbocycles. The normalized spacial score (nSPS) is 25.9. The molecule has 0 fully saturated rings. The van der Waals surface area contributed by atoms with E-state index in [9.17, 15) is 24.9 Å². The molecule has 1 aliphatic heterocycles. The van der Waals surface area contributed by atoms with E-state index in [-0.39, 0.29) is 37.3 Å². The molecule has 8 heteroatoms. The van der Waals surface area contributed by atoms with Gasteiger partial charge in [0.1, 0.15) is 23.5 Å². The van der Waals surface area contributed by atoms with Crippen molar-refractivity contribution in [3.05, 3.63) is 41.5 Å². The maximum absolute atomic E-state index is 12.6. The van der Waals surface area contributed by atoms with Crippen LogP contribution in [0.1, 0.15) is 35.7 Å². The fourth-order valence-electron chi connectivity index (χ4n) is 2.72. The summed E-state index contributed by atoms with van der Waals surface area (Å²) in [4.78, 5) is 24.4. The van der Waals surface area contributed by atoms with Crippen molar-refractivity contribution in [1.82, 2.24) is 0 Å². The molecule has 0 bridgehead atoms. The van der Waals surface area contributed by atoms with Crippen LogP contribution in [0.2, 0.25) is 0 Å². The van der Waals surface area contributed by atoms with Crippen LogP contribution in [0.3, 0.4) is 0 Å².